The van der Waals surface area contributed by atoms with Gasteiger partial charge in [-0.05, 0) is 34.5 Å². The molecule has 32 heavy (non-hydrogen) atoms. The lowest BCUT2D eigenvalue weighted by Gasteiger charge is -2.28. The van der Waals surface area contributed by atoms with Crippen molar-refractivity contribution >= 4 is 33.6 Å². The molecule has 1 aromatic heterocycles. The molecule has 0 fully saturated rings. The summed E-state index contributed by atoms with van der Waals surface area (Å²) in [5, 5.41) is 17.4. The van der Waals surface area contributed by atoms with Crippen molar-refractivity contribution in [3.8, 4) is 0 Å². The van der Waals surface area contributed by atoms with E-state index in [1.54, 1.807) is 16.6 Å². The first kappa shape index (κ1) is 22.7. The minimum atomic E-state index is -0.896. The highest BCUT2D eigenvalue weighted by Crippen LogP contribution is 2.29. The van der Waals surface area contributed by atoms with Crippen LogP contribution >= 0.6 is 15.9 Å². The molecular formula is C21H24BrF2N5O3. The number of urea groups is 1. The molecular weight excluding hydrogens is 488 g/mol. The summed E-state index contributed by atoms with van der Waals surface area (Å²) >= 11 is 2.83. The van der Waals surface area contributed by atoms with Crippen molar-refractivity contribution in [3.05, 3.63) is 45.2 Å². The zero-order valence-electron chi connectivity index (χ0n) is 17.7. The fourth-order valence-electron chi connectivity index (χ4n) is 4.26. The molecule has 1 aromatic carbocycles. The second kappa shape index (κ2) is 8.78. The predicted octanol–water partition coefficient (Wildman–Crippen LogP) is 2.99. The summed E-state index contributed by atoms with van der Waals surface area (Å²) in [5.74, 6) is -2.01. The molecule has 4 rings (SSSR count). The van der Waals surface area contributed by atoms with E-state index in [0.717, 1.165) is 17.8 Å². The Bertz CT molecular complexity index is 1080. The van der Waals surface area contributed by atoms with Crippen LogP contribution in [0.15, 0.2) is 16.6 Å². The Hall–Kier alpha value is -2.53. The number of nitrogens with zero attached hydrogens (tertiary/aromatic N) is 4. The quantitative estimate of drug-likeness (QED) is 0.619. The smallest absolute Gasteiger partial charge is 0.322 e. The number of rotatable bonds is 3. The van der Waals surface area contributed by atoms with Crippen LogP contribution in [0.2, 0.25) is 0 Å². The molecule has 2 aliphatic heterocycles. The fraction of sp³-hybridized carbons (Fsp3) is 0.476. The zero-order chi connectivity index (χ0) is 23.2. The van der Waals surface area contributed by atoms with Gasteiger partial charge in [-0.3, -0.25) is 9.48 Å². The highest BCUT2D eigenvalue weighted by Gasteiger charge is 2.36. The van der Waals surface area contributed by atoms with E-state index in [1.165, 1.54) is 4.90 Å². The molecule has 0 bridgehead atoms. The Morgan fingerprint density at radius 1 is 1.38 bits per heavy atom. The normalized spacial score (nSPS) is 19.3. The molecule has 2 N–H and O–H groups in total. The topological polar surface area (TPSA) is 90.7 Å². The number of carbonyl (C=O) groups excluding carboxylic acids is 2. The SMILES string of the molecule is CCC(O)C1CN(C)C(=O)c2c3c(nn2C1)CCN(C(=O)Nc1ccc(F)c(Br)c1F)C3. The molecule has 11 heteroatoms. The first-order valence-corrected chi connectivity index (χ1v) is 11.2. The number of halogens is 3. The summed E-state index contributed by atoms with van der Waals surface area (Å²) in [7, 11) is 1.69. The van der Waals surface area contributed by atoms with E-state index in [2.05, 4.69) is 26.3 Å². The largest absolute Gasteiger partial charge is 0.393 e. The van der Waals surface area contributed by atoms with Crippen LogP contribution in [-0.4, -0.2) is 62.9 Å². The van der Waals surface area contributed by atoms with Gasteiger partial charge in [0.2, 0.25) is 0 Å². The number of hydrogen-bond acceptors (Lipinski definition) is 4. The number of nitrogens with one attached hydrogen (secondary N) is 1. The van der Waals surface area contributed by atoms with Crippen molar-refractivity contribution < 1.29 is 23.5 Å². The Balaban J connectivity index is 1.58. The summed E-state index contributed by atoms with van der Waals surface area (Å²) in [5.41, 5.74) is 1.68. The van der Waals surface area contributed by atoms with Gasteiger partial charge >= 0.3 is 6.03 Å². The van der Waals surface area contributed by atoms with Gasteiger partial charge in [0.1, 0.15) is 11.5 Å². The van der Waals surface area contributed by atoms with Crippen molar-refractivity contribution in [2.75, 3.05) is 25.5 Å². The molecule has 2 unspecified atom stereocenters. The first-order chi connectivity index (χ1) is 15.2. The van der Waals surface area contributed by atoms with Gasteiger partial charge in [-0.15, -0.1) is 0 Å². The third-order valence-corrected chi connectivity index (χ3v) is 6.82. The van der Waals surface area contributed by atoms with Gasteiger partial charge in [-0.2, -0.15) is 5.10 Å². The van der Waals surface area contributed by atoms with Gasteiger partial charge in [0.25, 0.3) is 5.91 Å². The van der Waals surface area contributed by atoms with E-state index >= 15 is 0 Å². The van der Waals surface area contributed by atoms with E-state index in [-0.39, 0.29) is 28.5 Å². The maximum Gasteiger partial charge on any atom is 0.322 e. The number of amides is 3. The maximum absolute atomic E-state index is 14.3. The van der Waals surface area contributed by atoms with E-state index in [9.17, 15) is 23.5 Å². The van der Waals surface area contributed by atoms with Gasteiger partial charge < -0.3 is 20.2 Å². The average molecular weight is 512 g/mol. The van der Waals surface area contributed by atoms with Crippen LogP contribution in [-0.2, 0) is 19.5 Å². The zero-order valence-corrected chi connectivity index (χ0v) is 19.3. The molecule has 8 nitrogen and oxygen atoms in total. The van der Waals surface area contributed by atoms with Gasteiger partial charge in [0.05, 0.1) is 28.5 Å². The molecule has 2 aliphatic rings. The lowest BCUT2D eigenvalue weighted by Crippen LogP contribution is -2.40. The molecule has 0 radical (unpaired) electrons. The number of anilines is 1. The molecule has 3 amide bonds. The van der Waals surface area contributed by atoms with Crippen molar-refractivity contribution in [1.82, 2.24) is 19.6 Å². The second-order valence-electron chi connectivity index (χ2n) is 8.20. The van der Waals surface area contributed by atoms with Crippen molar-refractivity contribution in [1.29, 1.82) is 0 Å². The van der Waals surface area contributed by atoms with Gasteiger partial charge in [-0.1, -0.05) is 6.92 Å². The van der Waals surface area contributed by atoms with Crippen LogP contribution in [0.5, 0.6) is 0 Å². The van der Waals surface area contributed by atoms with Gasteiger partial charge in [-0.25, -0.2) is 13.6 Å². The van der Waals surface area contributed by atoms with E-state index < -0.39 is 23.8 Å². The van der Waals surface area contributed by atoms with Crippen LogP contribution in [0.4, 0.5) is 19.3 Å². The fourth-order valence-corrected chi connectivity index (χ4v) is 4.61. The molecule has 0 saturated carbocycles. The maximum atomic E-state index is 14.3. The Morgan fingerprint density at radius 2 is 2.12 bits per heavy atom. The Kier molecular flexibility index (Phi) is 6.22. The summed E-state index contributed by atoms with van der Waals surface area (Å²) in [4.78, 5) is 28.9. The molecule has 2 aromatic rings. The van der Waals surface area contributed by atoms with Crippen molar-refractivity contribution in [2.45, 2.75) is 39.0 Å². The lowest BCUT2D eigenvalue weighted by molar-refractivity contribution is 0.0626. The standard InChI is InChI=1S/C21H24BrF2N5O3/c1-3-16(30)11-8-27(2)20(31)19-12-10-28(7-6-14(12)26-29(19)9-11)21(32)25-15-5-4-13(23)17(22)18(15)24/h4-5,11,16,30H,3,6-10H2,1-2H3,(H,25,32). The van der Waals surface area contributed by atoms with Crippen LogP contribution in [0.3, 0.4) is 0 Å². The summed E-state index contributed by atoms with van der Waals surface area (Å²) < 4.78 is 29.0. The van der Waals surface area contributed by atoms with Crippen LogP contribution in [0.1, 0.15) is 35.1 Å². The Labute approximate surface area is 192 Å². The minimum Gasteiger partial charge on any atom is -0.393 e. The summed E-state index contributed by atoms with van der Waals surface area (Å²) in [6.45, 7) is 3.19. The van der Waals surface area contributed by atoms with Gasteiger partial charge in [0.15, 0.2) is 5.82 Å². The number of carbonyl (C=O) groups is 2. The van der Waals surface area contributed by atoms with Crippen LogP contribution in [0.25, 0.3) is 0 Å². The van der Waals surface area contributed by atoms with Crippen molar-refractivity contribution in [3.63, 3.8) is 0 Å². The van der Waals surface area contributed by atoms with E-state index in [4.69, 9.17) is 0 Å². The first-order valence-electron chi connectivity index (χ1n) is 10.4. The number of benzene rings is 1. The molecule has 2 atom stereocenters. The highest BCUT2D eigenvalue weighted by atomic mass is 79.9. The molecule has 3 heterocycles. The van der Waals surface area contributed by atoms with Crippen molar-refractivity contribution in [2.24, 2.45) is 5.92 Å². The Morgan fingerprint density at radius 3 is 2.84 bits per heavy atom. The monoisotopic (exact) mass is 511 g/mol. The minimum absolute atomic E-state index is 0.140. The lowest BCUT2D eigenvalue weighted by atomic mass is 10.0. The molecule has 0 spiro atoms. The molecule has 0 saturated heterocycles. The van der Waals surface area contributed by atoms with Crippen LogP contribution in [0, 0.1) is 17.6 Å². The molecule has 172 valence electrons. The third kappa shape index (κ3) is 3.99. The summed E-state index contributed by atoms with van der Waals surface area (Å²) in [6, 6.07) is 1.66. The summed E-state index contributed by atoms with van der Waals surface area (Å²) in [6.07, 6.45) is 0.466. The second-order valence-corrected chi connectivity index (χ2v) is 8.99. The number of hydrogen-bond donors (Lipinski definition) is 2. The number of aliphatic hydroxyl groups excluding tert-OH is 1. The number of fused-ring (bicyclic) bond motifs is 3. The highest BCUT2D eigenvalue weighted by molar-refractivity contribution is 9.10. The molecule has 0 aliphatic carbocycles. The van der Waals surface area contributed by atoms with E-state index in [0.29, 0.717) is 43.7 Å². The number of aromatic nitrogens is 2. The van der Waals surface area contributed by atoms with E-state index in [1.807, 2.05) is 6.92 Å². The van der Waals surface area contributed by atoms with Gasteiger partial charge in [0, 0.05) is 44.6 Å². The number of aliphatic hydroxyl groups is 1. The predicted molar refractivity (Wildman–Crippen MR) is 116 cm³/mol. The third-order valence-electron chi connectivity index (χ3n) is 6.09. The van der Waals surface area contributed by atoms with Crippen LogP contribution < -0.4 is 5.32 Å². The average Bonchev–Trinajstić information content (AvgIpc) is 3.08.